The molecule has 504 valence electrons. The molecule has 0 aliphatic carbocycles. The highest BCUT2D eigenvalue weighted by Crippen LogP contribution is 2.18. The van der Waals surface area contributed by atoms with Crippen molar-refractivity contribution < 1.29 is 63.1 Å². The van der Waals surface area contributed by atoms with E-state index in [0.717, 1.165) is 90.0 Å². The fourth-order valence-electron chi connectivity index (χ4n) is 8.42. The van der Waals surface area contributed by atoms with Crippen LogP contribution in [0.15, 0.2) is 121 Å². The van der Waals surface area contributed by atoms with Gasteiger partial charge in [0.1, 0.15) is 16.1 Å². The number of benzene rings is 5. The maximum absolute atomic E-state index is 11.0. The zero-order valence-corrected chi connectivity index (χ0v) is 59.7. The summed E-state index contributed by atoms with van der Waals surface area (Å²) in [5.74, 6) is 19.6. The van der Waals surface area contributed by atoms with E-state index >= 15 is 0 Å². The van der Waals surface area contributed by atoms with Crippen molar-refractivity contribution in [1.82, 2.24) is 4.90 Å². The molecule has 17 nitrogen and oxygen atoms in total. The van der Waals surface area contributed by atoms with E-state index in [1.54, 1.807) is 0 Å². The first-order valence-corrected chi connectivity index (χ1v) is 42.3. The van der Waals surface area contributed by atoms with Crippen molar-refractivity contribution in [3.63, 3.8) is 0 Å². The van der Waals surface area contributed by atoms with Crippen LogP contribution in [-0.4, -0.2) is 209 Å². The van der Waals surface area contributed by atoms with Gasteiger partial charge in [0.25, 0.3) is 20.2 Å². The van der Waals surface area contributed by atoms with E-state index < -0.39 is 36.4 Å². The minimum absolute atomic E-state index is 0.0350. The molecule has 1 saturated heterocycles. The molecule has 1 aliphatic heterocycles. The molecular formula is C72H97N3O14S2Si2. The lowest BCUT2D eigenvalue weighted by Crippen LogP contribution is -2.33. The SMILES string of the molecule is C[Si](C)(C)C#Cc1ccc(C#Cc2ccc(N(CCOCCOCCOS(C)(=O)=O)CCOCCOCCOS(C)(=O)=O)cc2)cc1.Cc1ccc(CN2CCOCCOCCN(c3ccc(C#Cc4ccc(C#C[Si](C)(C)C)cc4)cc3)CCOCCOCC2)cc1. The molecule has 5 aromatic rings. The van der Waals surface area contributed by atoms with Crippen LogP contribution in [0.1, 0.15) is 44.5 Å². The van der Waals surface area contributed by atoms with Gasteiger partial charge >= 0.3 is 0 Å². The van der Waals surface area contributed by atoms with Crippen LogP contribution in [0, 0.1) is 53.5 Å². The summed E-state index contributed by atoms with van der Waals surface area (Å²) in [7, 11) is -9.77. The molecule has 1 aliphatic rings. The predicted molar refractivity (Wildman–Crippen MR) is 377 cm³/mol. The van der Waals surface area contributed by atoms with Crippen molar-refractivity contribution >= 4 is 47.8 Å². The quantitative estimate of drug-likeness (QED) is 0.0248. The van der Waals surface area contributed by atoms with Gasteiger partial charge in [-0.1, -0.05) is 105 Å². The number of anilines is 2. The first-order chi connectivity index (χ1) is 44.5. The smallest absolute Gasteiger partial charge is 0.264 e. The number of ether oxygens (including phenoxy) is 8. The molecule has 1 heterocycles. The Morgan fingerprint density at radius 3 is 1.10 bits per heavy atom. The monoisotopic (exact) mass is 1350 g/mol. The molecule has 1 fully saturated rings. The lowest BCUT2D eigenvalue weighted by Gasteiger charge is -2.25. The average molecular weight is 1350 g/mol. The summed E-state index contributed by atoms with van der Waals surface area (Å²) in [6, 6.07) is 41.3. The Morgan fingerprint density at radius 1 is 0.409 bits per heavy atom. The molecule has 0 aromatic heterocycles. The van der Waals surface area contributed by atoms with E-state index in [0.29, 0.717) is 106 Å². The lowest BCUT2D eigenvalue weighted by molar-refractivity contribution is 0.0211. The second-order valence-electron chi connectivity index (χ2n) is 23.9. The minimum Gasteiger partial charge on any atom is -0.378 e. The second-order valence-corrected chi connectivity index (χ2v) is 36.7. The summed E-state index contributed by atoms with van der Waals surface area (Å²) in [5.41, 5.74) is 17.3. The van der Waals surface area contributed by atoms with Gasteiger partial charge in [-0.05, 0) is 110 Å². The number of aryl methyl sites for hydroxylation is 1. The van der Waals surface area contributed by atoms with Gasteiger partial charge in [-0.2, -0.15) is 16.8 Å². The topological polar surface area (TPSA) is 170 Å². The molecule has 21 heteroatoms. The van der Waals surface area contributed by atoms with Gasteiger partial charge < -0.3 is 47.7 Å². The number of hydrogen-bond donors (Lipinski definition) is 0. The molecule has 0 unspecified atom stereocenters. The third kappa shape index (κ3) is 38.1. The van der Waals surface area contributed by atoms with E-state index in [9.17, 15) is 16.8 Å². The van der Waals surface area contributed by atoms with Gasteiger partial charge in [-0.15, -0.1) is 11.1 Å². The molecule has 5 aromatic carbocycles. The van der Waals surface area contributed by atoms with Crippen molar-refractivity contribution in [2.24, 2.45) is 0 Å². The van der Waals surface area contributed by atoms with Gasteiger partial charge in [-0.3, -0.25) is 13.3 Å². The summed E-state index contributed by atoms with van der Waals surface area (Å²) >= 11 is 0. The Labute approximate surface area is 558 Å². The fraction of sp³-hybridized carbons (Fsp3) is 0.472. The van der Waals surface area contributed by atoms with Crippen molar-refractivity contribution in [2.75, 3.05) is 181 Å². The van der Waals surface area contributed by atoms with Gasteiger partial charge in [0.05, 0.1) is 131 Å². The number of rotatable bonds is 24. The molecule has 0 atom stereocenters. The highest BCUT2D eigenvalue weighted by molar-refractivity contribution is 7.86. The maximum Gasteiger partial charge on any atom is 0.264 e. The van der Waals surface area contributed by atoms with Crippen LogP contribution >= 0.6 is 0 Å². The molecule has 0 radical (unpaired) electrons. The number of hydrogen-bond acceptors (Lipinski definition) is 17. The van der Waals surface area contributed by atoms with E-state index in [2.05, 4.69) is 177 Å². The van der Waals surface area contributed by atoms with Crippen LogP contribution in [0.4, 0.5) is 11.4 Å². The summed E-state index contributed by atoms with van der Waals surface area (Å²) in [4.78, 5) is 6.82. The first kappa shape index (κ1) is 77.5. The van der Waals surface area contributed by atoms with Crippen molar-refractivity contribution in [1.29, 1.82) is 0 Å². The van der Waals surface area contributed by atoms with Gasteiger partial charge in [0, 0.05) is 90.6 Å². The highest BCUT2D eigenvalue weighted by Gasteiger charge is 2.13. The zero-order valence-electron chi connectivity index (χ0n) is 56.1. The molecule has 0 spiro atoms. The van der Waals surface area contributed by atoms with Crippen LogP contribution in [0.25, 0.3) is 0 Å². The van der Waals surface area contributed by atoms with E-state index in [1.165, 1.54) is 11.1 Å². The van der Waals surface area contributed by atoms with Crippen molar-refractivity contribution in [2.45, 2.75) is 52.8 Å². The van der Waals surface area contributed by atoms with E-state index in [-0.39, 0.29) is 26.4 Å². The maximum atomic E-state index is 11.0. The number of nitrogens with zero attached hydrogens (tertiary/aromatic N) is 3. The Hall–Kier alpha value is -6.17. The van der Waals surface area contributed by atoms with Gasteiger partial charge in [-0.25, -0.2) is 0 Å². The molecular weight excluding hydrogens is 1250 g/mol. The van der Waals surface area contributed by atoms with Crippen LogP contribution in [0.2, 0.25) is 39.3 Å². The zero-order chi connectivity index (χ0) is 67.1. The molecule has 0 saturated carbocycles. The Balaban J connectivity index is 0.000000337. The predicted octanol–water partition coefficient (Wildman–Crippen LogP) is 9.15. The summed E-state index contributed by atoms with van der Waals surface area (Å²) in [5, 5.41) is 0. The first-order valence-electron chi connectivity index (χ1n) is 31.6. The fourth-order valence-corrected chi connectivity index (χ4v) is 10.2. The third-order valence-corrected chi connectivity index (χ3v) is 16.2. The summed E-state index contributed by atoms with van der Waals surface area (Å²) in [6.45, 7) is 28.2. The van der Waals surface area contributed by atoms with Crippen molar-refractivity contribution in [3.8, 4) is 46.6 Å². The molecule has 6 rings (SSSR count). The van der Waals surface area contributed by atoms with Crippen LogP contribution in [0.3, 0.4) is 0 Å². The Bertz CT molecular complexity index is 3360. The van der Waals surface area contributed by atoms with Gasteiger partial charge in [0.15, 0.2) is 0 Å². The van der Waals surface area contributed by atoms with Crippen molar-refractivity contribution in [3.05, 3.63) is 166 Å². The standard InChI is InChI=1S/C39H50N2O4Si.C33H47NO10S2Si/c1-34-5-7-38(8-6-34)33-40-20-24-42-28-30-44-26-22-41(23-27-45-31-29-43-25-21-40)39-17-15-36(16-18-39)10-9-35-11-13-37(14-12-35)19-32-46(2,3)4;1-45(35,36)43-27-25-41-23-21-39-19-17-34(18-20-40-22-24-42-26-28-44-46(2,37)38)33-14-12-31(13-15-33)7-6-30-8-10-32(11-9-30)16-29-47(3,4)5/h5-8,11-18H,20-31,33H2,1-4H3;8-15H,17-28H2,1-5H3. The van der Waals surface area contributed by atoms with E-state index in [4.69, 9.17) is 37.9 Å². The second kappa shape index (κ2) is 43.0. The molecule has 0 amide bonds. The minimum atomic E-state index is -3.48. The summed E-state index contributed by atoms with van der Waals surface area (Å²) in [6.07, 6.45) is 1.99. The van der Waals surface area contributed by atoms with Crippen LogP contribution in [0.5, 0.6) is 0 Å². The molecule has 0 bridgehead atoms. The van der Waals surface area contributed by atoms with Gasteiger partial charge in [0.2, 0.25) is 0 Å². The van der Waals surface area contributed by atoms with Crippen LogP contribution in [-0.2, 0) is 73.0 Å². The summed E-state index contributed by atoms with van der Waals surface area (Å²) < 4.78 is 99.1. The largest absolute Gasteiger partial charge is 0.378 e. The molecule has 0 N–H and O–H groups in total. The lowest BCUT2D eigenvalue weighted by atomic mass is 10.1. The van der Waals surface area contributed by atoms with E-state index in [1.807, 2.05) is 60.7 Å². The highest BCUT2D eigenvalue weighted by atomic mass is 32.2. The average Bonchev–Trinajstić information content (AvgIpc) is 3.29. The van der Waals surface area contributed by atoms with Crippen LogP contribution < -0.4 is 9.80 Å². The molecule has 93 heavy (non-hydrogen) atoms. The Kier molecular flexibility index (Phi) is 35.9. The third-order valence-electron chi connectivity index (χ3n) is 13.3. The Morgan fingerprint density at radius 2 is 0.731 bits per heavy atom. The normalized spacial score (nSPS) is 14.2.